The average Bonchev–Trinajstić information content (AvgIpc) is 1.65. The first-order valence-corrected chi connectivity index (χ1v) is 3.95. The molecule has 0 atom stereocenters. The molecule has 0 heterocycles. The quantitative estimate of drug-likeness (QED) is 0.528. The Morgan fingerprint density at radius 1 is 1.00 bits per heavy atom. The molecule has 0 aromatic heterocycles. The lowest BCUT2D eigenvalue weighted by Gasteiger charge is -2.30. The highest BCUT2D eigenvalue weighted by Gasteiger charge is 2.28. The molecule has 0 unspecified atom stereocenters. The van der Waals surface area contributed by atoms with Crippen LogP contribution in [0.15, 0.2) is 0 Å². The number of halogens is 1. The zero-order valence-electron chi connectivity index (χ0n) is 7.03. The zero-order chi connectivity index (χ0) is 7.65. The van der Waals surface area contributed by atoms with Crippen molar-refractivity contribution in [2.24, 2.45) is 11.8 Å². The summed E-state index contributed by atoms with van der Waals surface area (Å²) in [5, 5.41) is 0. The molecule has 0 rings (SSSR count). The highest BCUT2D eigenvalue weighted by atomic mass is 35.5. The van der Waals surface area contributed by atoms with Crippen LogP contribution in [0.1, 0.15) is 34.6 Å². The summed E-state index contributed by atoms with van der Waals surface area (Å²) in [4.78, 5) is -0.0278. The molecule has 0 radical (unpaired) electrons. The maximum atomic E-state index is 6.21. The molecular formula is C8H17Cl. The highest BCUT2D eigenvalue weighted by molar-refractivity contribution is 6.24. The molecule has 9 heavy (non-hydrogen) atoms. The summed E-state index contributed by atoms with van der Waals surface area (Å²) in [7, 11) is 0. The minimum atomic E-state index is -0.0278. The van der Waals surface area contributed by atoms with Gasteiger partial charge in [0.25, 0.3) is 0 Å². The van der Waals surface area contributed by atoms with Crippen LogP contribution in [0.25, 0.3) is 0 Å². The Bertz CT molecular complexity index is 72.6. The minimum Gasteiger partial charge on any atom is -0.119 e. The van der Waals surface area contributed by atoms with E-state index in [9.17, 15) is 0 Å². The van der Waals surface area contributed by atoms with E-state index in [1.165, 1.54) is 0 Å². The normalized spacial score (nSPS) is 13.3. The molecule has 0 amide bonds. The fraction of sp³-hybridized carbons (Fsp3) is 1.00. The van der Waals surface area contributed by atoms with Crippen molar-refractivity contribution in [2.45, 2.75) is 39.5 Å². The van der Waals surface area contributed by atoms with Crippen LogP contribution in [-0.4, -0.2) is 4.87 Å². The summed E-state index contributed by atoms with van der Waals surface area (Å²) in [6.07, 6.45) is 0. The summed E-state index contributed by atoms with van der Waals surface area (Å²) in [5.74, 6) is 1.11. The SMILES string of the molecule is CC(C)C(C)(Cl)C(C)C. The Balaban J connectivity index is 4.01. The van der Waals surface area contributed by atoms with E-state index in [1.54, 1.807) is 0 Å². The highest BCUT2D eigenvalue weighted by Crippen LogP contribution is 2.32. The molecule has 0 fully saturated rings. The van der Waals surface area contributed by atoms with E-state index in [4.69, 9.17) is 11.6 Å². The smallest absolute Gasteiger partial charge is 0.0464 e. The van der Waals surface area contributed by atoms with Crippen molar-refractivity contribution >= 4 is 11.6 Å². The van der Waals surface area contributed by atoms with Gasteiger partial charge in [-0.25, -0.2) is 0 Å². The van der Waals surface area contributed by atoms with Gasteiger partial charge in [0.2, 0.25) is 0 Å². The molecule has 0 aliphatic carbocycles. The van der Waals surface area contributed by atoms with E-state index < -0.39 is 0 Å². The molecule has 0 aromatic rings. The predicted molar refractivity (Wildman–Crippen MR) is 43.9 cm³/mol. The standard InChI is InChI=1S/C8H17Cl/c1-6(2)8(5,9)7(3)4/h6-7H,1-5H3. The molecule has 0 saturated heterocycles. The van der Waals surface area contributed by atoms with Crippen LogP contribution in [0.3, 0.4) is 0 Å². The van der Waals surface area contributed by atoms with Crippen molar-refractivity contribution in [3.05, 3.63) is 0 Å². The molecule has 0 saturated carbocycles. The summed E-state index contributed by atoms with van der Waals surface area (Å²) in [6.45, 7) is 10.7. The van der Waals surface area contributed by atoms with Crippen LogP contribution in [-0.2, 0) is 0 Å². The van der Waals surface area contributed by atoms with Gasteiger partial charge in [-0.2, -0.15) is 0 Å². The predicted octanol–water partition coefficient (Wildman–Crippen LogP) is 3.30. The number of alkyl halides is 1. The van der Waals surface area contributed by atoms with E-state index in [2.05, 4.69) is 34.6 Å². The van der Waals surface area contributed by atoms with Crippen molar-refractivity contribution in [2.75, 3.05) is 0 Å². The Hall–Kier alpha value is 0.290. The molecule has 0 aliphatic heterocycles. The number of hydrogen-bond donors (Lipinski definition) is 0. The van der Waals surface area contributed by atoms with E-state index in [-0.39, 0.29) is 4.87 Å². The lowest BCUT2D eigenvalue weighted by molar-refractivity contribution is 0.352. The second-order valence-electron chi connectivity index (χ2n) is 3.46. The topological polar surface area (TPSA) is 0 Å². The lowest BCUT2D eigenvalue weighted by atomic mass is 9.86. The van der Waals surface area contributed by atoms with Gasteiger partial charge in [0, 0.05) is 4.87 Å². The Morgan fingerprint density at radius 3 is 1.22 bits per heavy atom. The third kappa shape index (κ3) is 2.17. The monoisotopic (exact) mass is 148 g/mol. The van der Waals surface area contributed by atoms with Gasteiger partial charge in [0.05, 0.1) is 0 Å². The molecule has 0 bridgehead atoms. The van der Waals surface area contributed by atoms with Gasteiger partial charge in [0.1, 0.15) is 0 Å². The number of hydrogen-bond acceptors (Lipinski definition) is 0. The first-order chi connectivity index (χ1) is 3.89. The molecule has 0 nitrogen and oxygen atoms in total. The van der Waals surface area contributed by atoms with Gasteiger partial charge in [-0.3, -0.25) is 0 Å². The second kappa shape index (κ2) is 2.92. The Kier molecular flexibility index (Phi) is 3.01. The molecule has 0 aliphatic rings. The van der Waals surface area contributed by atoms with E-state index in [1.807, 2.05) is 0 Å². The van der Waals surface area contributed by atoms with Gasteiger partial charge in [-0.15, -0.1) is 11.6 Å². The lowest BCUT2D eigenvalue weighted by Crippen LogP contribution is -2.30. The third-order valence-corrected chi connectivity index (χ3v) is 3.13. The van der Waals surface area contributed by atoms with Gasteiger partial charge in [0.15, 0.2) is 0 Å². The fourth-order valence-corrected chi connectivity index (χ4v) is 0.667. The van der Waals surface area contributed by atoms with Gasteiger partial charge < -0.3 is 0 Å². The van der Waals surface area contributed by atoms with Crippen LogP contribution >= 0.6 is 11.6 Å². The summed E-state index contributed by atoms with van der Waals surface area (Å²) in [6, 6.07) is 0. The van der Waals surface area contributed by atoms with Crippen LogP contribution in [0.4, 0.5) is 0 Å². The average molecular weight is 149 g/mol. The third-order valence-electron chi connectivity index (χ3n) is 2.26. The minimum absolute atomic E-state index is 0.0278. The van der Waals surface area contributed by atoms with Crippen molar-refractivity contribution in [3.8, 4) is 0 Å². The van der Waals surface area contributed by atoms with E-state index in [0.717, 1.165) is 0 Å². The zero-order valence-corrected chi connectivity index (χ0v) is 7.79. The van der Waals surface area contributed by atoms with Gasteiger partial charge in [-0.05, 0) is 18.8 Å². The maximum absolute atomic E-state index is 6.21. The molecule has 56 valence electrons. The van der Waals surface area contributed by atoms with Crippen molar-refractivity contribution in [1.29, 1.82) is 0 Å². The van der Waals surface area contributed by atoms with Gasteiger partial charge in [-0.1, -0.05) is 27.7 Å². The summed E-state index contributed by atoms with van der Waals surface area (Å²) >= 11 is 6.21. The molecular weight excluding hydrogens is 132 g/mol. The summed E-state index contributed by atoms with van der Waals surface area (Å²) in [5.41, 5.74) is 0. The Morgan fingerprint density at radius 2 is 1.22 bits per heavy atom. The van der Waals surface area contributed by atoms with E-state index >= 15 is 0 Å². The summed E-state index contributed by atoms with van der Waals surface area (Å²) < 4.78 is 0. The first kappa shape index (κ1) is 9.29. The van der Waals surface area contributed by atoms with Crippen LogP contribution in [0, 0.1) is 11.8 Å². The van der Waals surface area contributed by atoms with E-state index in [0.29, 0.717) is 11.8 Å². The maximum Gasteiger partial charge on any atom is 0.0464 e. The molecule has 0 N–H and O–H groups in total. The van der Waals surface area contributed by atoms with Crippen molar-refractivity contribution in [3.63, 3.8) is 0 Å². The van der Waals surface area contributed by atoms with Crippen LogP contribution in [0.2, 0.25) is 0 Å². The van der Waals surface area contributed by atoms with Gasteiger partial charge >= 0.3 is 0 Å². The second-order valence-corrected chi connectivity index (χ2v) is 4.28. The van der Waals surface area contributed by atoms with Crippen molar-refractivity contribution < 1.29 is 0 Å². The number of rotatable bonds is 2. The molecule has 1 heteroatoms. The van der Waals surface area contributed by atoms with Crippen molar-refractivity contribution in [1.82, 2.24) is 0 Å². The van der Waals surface area contributed by atoms with Crippen LogP contribution < -0.4 is 0 Å². The fourth-order valence-electron chi connectivity index (χ4n) is 0.667. The molecule has 0 spiro atoms. The first-order valence-electron chi connectivity index (χ1n) is 3.58. The van der Waals surface area contributed by atoms with Crippen LogP contribution in [0.5, 0.6) is 0 Å². The largest absolute Gasteiger partial charge is 0.119 e. The Labute approximate surface area is 63.6 Å². The molecule has 0 aromatic carbocycles.